The lowest BCUT2D eigenvalue weighted by molar-refractivity contribution is -0.384. The van der Waals surface area contributed by atoms with Crippen LogP contribution < -0.4 is 5.73 Å². The topological polar surface area (TPSA) is 107 Å². The molecule has 110 valence electrons. The Kier molecular flexibility index (Phi) is 4.28. The summed E-state index contributed by atoms with van der Waals surface area (Å²) in [6.07, 6.45) is 1.46. The highest BCUT2D eigenvalue weighted by atomic mass is 35.5. The molecule has 7 nitrogen and oxygen atoms in total. The fourth-order valence-electron chi connectivity index (χ4n) is 2.14. The Labute approximate surface area is 121 Å². The van der Waals surface area contributed by atoms with Crippen molar-refractivity contribution in [2.45, 2.75) is 23.8 Å². The van der Waals surface area contributed by atoms with Gasteiger partial charge in [0.15, 0.2) is 0 Å². The van der Waals surface area contributed by atoms with Gasteiger partial charge in [0.1, 0.15) is 4.90 Å². The first-order valence-corrected chi connectivity index (χ1v) is 7.84. The Bertz CT molecular complexity index is 635. The van der Waals surface area contributed by atoms with Gasteiger partial charge in [-0.1, -0.05) is 11.6 Å². The maximum absolute atomic E-state index is 12.5. The van der Waals surface area contributed by atoms with Gasteiger partial charge in [-0.25, -0.2) is 8.42 Å². The zero-order chi connectivity index (χ0) is 14.9. The SMILES string of the molecule is NC1CCCN(S(=O)(=O)c2ccc([N+](=O)[O-])cc2Cl)C1. The quantitative estimate of drug-likeness (QED) is 0.668. The zero-order valence-electron chi connectivity index (χ0n) is 10.5. The first-order chi connectivity index (χ1) is 9.32. The number of nitrogens with zero attached hydrogens (tertiary/aromatic N) is 2. The van der Waals surface area contributed by atoms with E-state index in [2.05, 4.69) is 0 Å². The number of hydrogen-bond acceptors (Lipinski definition) is 5. The Balaban J connectivity index is 2.36. The molecule has 1 aliphatic heterocycles. The minimum atomic E-state index is -3.77. The van der Waals surface area contributed by atoms with Gasteiger partial charge in [0.25, 0.3) is 5.69 Å². The Hall–Kier alpha value is -1.22. The van der Waals surface area contributed by atoms with Crippen molar-refractivity contribution in [2.24, 2.45) is 5.73 Å². The van der Waals surface area contributed by atoms with Crippen molar-refractivity contribution < 1.29 is 13.3 Å². The summed E-state index contributed by atoms with van der Waals surface area (Å²) < 4.78 is 26.2. The van der Waals surface area contributed by atoms with Crippen molar-refractivity contribution in [2.75, 3.05) is 13.1 Å². The average Bonchev–Trinajstić information content (AvgIpc) is 2.38. The molecule has 0 amide bonds. The van der Waals surface area contributed by atoms with Crippen LogP contribution in [0.4, 0.5) is 5.69 Å². The average molecular weight is 320 g/mol. The monoisotopic (exact) mass is 319 g/mol. The van der Waals surface area contributed by atoms with E-state index in [0.717, 1.165) is 24.6 Å². The first-order valence-electron chi connectivity index (χ1n) is 6.02. The number of nitro groups is 1. The van der Waals surface area contributed by atoms with Gasteiger partial charge in [-0.05, 0) is 18.9 Å². The van der Waals surface area contributed by atoms with E-state index in [4.69, 9.17) is 17.3 Å². The molecule has 1 unspecified atom stereocenters. The van der Waals surface area contributed by atoms with Crippen molar-refractivity contribution in [3.63, 3.8) is 0 Å². The Morgan fingerprint density at radius 2 is 2.15 bits per heavy atom. The molecule has 0 aromatic heterocycles. The normalized spacial score (nSPS) is 20.8. The van der Waals surface area contributed by atoms with Crippen LogP contribution in [-0.4, -0.2) is 36.8 Å². The molecule has 1 saturated heterocycles. The van der Waals surface area contributed by atoms with E-state index in [1.54, 1.807) is 0 Å². The molecule has 1 aliphatic rings. The van der Waals surface area contributed by atoms with Gasteiger partial charge in [-0.15, -0.1) is 0 Å². The van der Waals surface area contributed by atoms with Crippen LogP contribution in [0, 0.1) is 10.1 Å². The number of piperidine rings is 1. The van der Waals surface area contributed by atoms with Crippen LogP contribution in [-0.2, 0) is 10.0 Å². The summed E-state index contributed by atoms with van der Waals surface area (Å²) in [6.45, 7) is 0.610. The van der Waals surface area contributed by atoms with Crippen LogP contribution in [0.2, 0.25) is 5.02 Å². The highest BCUT2D eigenvalue weighted by molar-refractivity contribution is 7.89. The molecular weight excluding hydrogens is 306 g/mol. The maximum atomic E-state index is 12.5. The lowest BCUT2D eigenvalue weighted by Gasteiger charge is -2.30. The molecule has 1 aromatic rings. The Morgan fingerprint density at radius 1 is 1.45 bits per heavy atom. The summed E-state index contributed by atoms with van der Waals surface area (Å²) in [4.78, 5) is 9.88. The van der Waals surface area contributed by atoms with Gasteiger partial charge in [0.2, 0.25) is 10.0 Å². The molecular formula is C11H14ClN3O4S. The second-order valence-corrected chi connectivity index (χ2v) is 6.95. The largest absolute Gasteiger partial charge is 0.327 e. The van der Waals surface area contributed by atoms with Crippen LogP contribution >= 0.6 is 11.6 Å². The summed E-state index contributed by atoms with van der Waals surface area (Å²) in [7, 11) is -3.77. The van der Waals surface area contributed by atoms with E-state index < -0.39 is 14.9 Å². The van der Waals surface area contributed by atoms with E-state index in [-0.39, 0.29) is 28.2 Å². The molecule has 0 aliphatic carbocycles. The molecule has 1 aromatic carbocycles. The number of benzene rings is 1. The minimum absolute atomic E-state index is 0.126. The van der Waals surface area contributed by atoms with Gasteiger partial charge in [0, 0.05) is 31.3 Å². The van der Waals surface area contributed by atoms with E-state index in [9.17, 15) is 18.5 Å². The number of nitro benzene ring substituents is 1. The highest BCUT2D eigenvalue weighted by Gasteiger charge is 2.31. The third-order valence-electron chi connectivity index (χ3n) is 3.16. The van der Waals surface area contributed by atoms with Crippen molar-refractivity contribution >= 4 is 27.3 Å². The van der Waals surface area contributed by atoms with Crippen LogP contribution in [0.1, 0.15) is 12.8 Å². The third kappa shape index (κ3) is 2.93. The van der Waals surface area contributed by atoms with Crippen molar-refractivity contribution in [1.82, 2.24) is 4.31 Å². The van der Waals surface area contributed by atoms with Gasteiger partial charge < -0.3 is 5.73 Å². The molecule has 0 bridgehead atoms. The van der Waals surface area contributed by atoms with Crippen molar-refractivity contribution in [3.8, 4) is 0 Å². The fraction of sp³-hybridized carbons (Fsp3) is 0.455. The van der Waals surface area contributed by atoms with Gasteiger partial charge in [-0.3, -0.25) is 10.1 Å². The molecule has 0 spiro atoms. The molecule has 9 heteroatoms. The molecule has 0 saturated carbocycles. The Morgan fingerprint density at radius 3 is 2.70 bits per heavy atom. The van der Waals surface area contributed by atoms with Crippen molar-refractivity contribution in [3.05, 3.63) is 33.3 Å². The predicted octanol–water partition coefficient (Wildman–Crippen LogP) is 1.36. The van der Waals surface area contributed by atoms with E-state index >= 15 is 0 Å². The smallest absolute Gasteiger partial charge is 0.271 e. The van der Waals surface area contributed by atoms with E-state index in [1.165, 1.54) is 4.31 Å². The molecule has 0 radical (unpaired) electrons. The number of nitrogens with two attached hydrogens (primary N) is 1. The van der Waals surface area contributed by atoms with Crippen LogP contribution in [0.15, 0.2) is 23.1 Å². The fourth-order valence-corrected chi connectivity index (χ4v) is 4.19. The standard InChI is InChI=1S/C11H14ClN3O4S/c12-10-6-9(15(16)17)3-4-11(10)20(18,19)14-5-1-2-8(13)7-14/h3-4,6,8H,1-2,5,7,13H2. The summed E-state index contributed by atoms with van der Waals surface area (Å²) in [5.74, 6) is 0. The van der Waals surface area contributed by atoms with Crippen LogP contribution in [0.25, 0.3) is 0 Å². The number of hydrogen-bond donors (Lipinski definition) is 1. The number of rotatable bonds is 3. The highest BCUT2D eigenvalue weighted by Crippen LogP contribution is 2.29. The lowest BCUT2D eigenvalue weighted by atomic mass is 10.1. The van der Waals surface area contributed by atoms with Gasteiger partial charge >= 0.3 is 0 Å². The van der Waals surface area contributed by atoms with E-state index in [0.29, 0.717) is 13.0 Å². The second-order valence-electron chi connectivity index (χ2n) is 4.64. The number of non-ortho nitro benzene ring substituents is 1. The summed E-state index contributed by atoms with van der Waals surface area (Å²) in [5.41, 5.74) is 5.53. The number of halogens is 1. The molecule has 2 rings (SSSR count). The molecule has 1 fully saturated rings. The zero-order valence-corrected chi connectivity index (χ0v) is 12.1. The minimum Gasteiger partial charge on any atom is -0.327 e. The molecule has 2 N–H and O–H groups in total. The maximum Gasteiger partial charge on any atom is 0.271 e. The third-order valence-corrected chi connectivity index (χ3v) is 5.51. The lowest BCUT2D eigenvalue weighted by Crippen LogP contribution is -2.45. The second kappa shape index (κ2) is 5.65. The van der Waals surface area contributed by atoms with Gasteiger partial charge in [0.05, 0.1) is 9.95 Å². The van der Waals surface area contributed by atoms with Crippen LogP contribution in [0.5, 0.6) is 0 Å². The summed E-state index contributed by atoms with van der Waals surface area (Å²) in [5, 5.41) is 10.5. The van der Waals surface area contributed by atoms with Crippen LogP contribution in [0.3, 0.4) is 0 Å². The number of sulfonamides is 1. The summed E-state index contributed by atoms with van der Waals surface area (Å²) in [6, 6.07) is 3.13. The van der Waals surface area contributed by atoms with Crippen molar-refractivity contribution in [1.29, 1.82) is 0 Å². The molecule has 1 heterocycles. The predicted molar refractivity (Wildman–Crippen MR) is 74.1 cm³/mol. The van der Waals surface area contributed by atoms with E-state index in [1.807, 2.05) is 0 Å². The first kappa shape index (κ1) is 15.2. The molecule has 20 heavy (non-hydrogen) atoms. The summed E-state index contributed by atoms with van der Waals surface area (Å²) >= 11 is 5.87. The van der Waals surface area contributed by atoms with Gasteiger partial charge in [-0.2, -0.15) is 4.31 Å². The molecule has 1 atom stereocenters.